The summed E-state index contributed by atoms with van der Waals surface area (Å²) < 4.78 is 21.8. The van der Waals surface area contributed by atoms with E-state index in [4.69, 9.17) is 18.3 Å². The van der Waals surface area contributed by atoms with Crippen molar-refractivity contribution in [1.82, 2.24) is 0 Å². The molecular weight excluding hydrogens is 576 g/mol. The number of carboxylic acid groups (broad SMARTS) is 1. The van der Waals surface area contributed by atoms with E-state index in [0.717, 1.165) is 38.5 Å². The SMILES string of the molecule is CO[C@H]1CC[C@@]2(C)C(CC[C@]3(C)[C@@H]2C(=O)C=C2[C@@H]4C[C@@](C)(C(=O)O)CC[C@]4(C)CC[C@]23C)[C@]1(C)C(=O)OCc1oc(=O)oc1C. The summed E-state index contributed by atoms with van der Waals surface area (Å²) in [7, 11) is 1.63. The van der Waals surface area contributed by atoms with Gasteiger partial charge in [-0.05, 0) is 118 Å². The maximum absolute atomic E-state index is 14.7. The molecule has 0 saturated heterocycles. The summed E-state index contributed by atoms with van der Waals surface area (Å²) in [5, 5.41) is 10.2. The maximum atomic E-state index is 14.7. The molecule has 0 radical (unpaired) electrons. The van der Waals surface area contributed by atoms with Crippen molar-refractivity contribution in [3.05, 3.63) is 33.8 Å². The van der Waals surface area contributed by atoms with Crippen LogP contribution in [-0.4, -0.2) is 36.0 Å². The first-order valence-corrected chi connectivity index (χ1v) is 16.7. The van der Waals surface area contributed by atoms with Crippen LogP contribution in [-0.2, 0) is 30.5 Å². The Kier molecular flexibility index (Phi) is 7.28. The van der Waals surface area contributed by atoms with Crippen LogP contribution in [0.1, 0.15) is 111 Å². The first-order valence-electron chi connectivity index (χ1n) is 16.7. The van der Waals surface area contributed by atoms with Gasteiger partial charge < -0.3 is 23.4 Å². The summed E-state index contributed by atoms with van der Waals surface area (Å²) in [5.41, 5.74) is -1.77. The second-order valence-corrected chi connectivity index (χ2v) is 16.6. The zero-order valence-electron chi connectivity index (χ0n) is 28.2. The molecule has 10 atom stereocenters. The third-order valence-corrected chi connectivity index (χ3v) is 14.6. The fraction of sp³-hybridized carbons (Fsp3) is 0.778. The van der Waals surface area contributed by atoms with Crippen molar-refractivity contribution in [2.24, 2.45) is 50.2 Å². The van der Waals surface area contributed by atoms with E-state index in [-0.39, 0.29) is 57.9 Å². The number of ether oxygens (including phenoxy) is 2. The number of rotatable bonds is 5. The number of methoxy groups -OCH3 is 1. The molecule has 5 aliphatic rings. The number of fused-ring (bicyclic) bond motifs is 7. The topological polar surface area (TPSA) is 133 Å². The van der Waals surface area contributed by atoms with Crippen molar-refractivity contribution in [1.29, 1.82) is 0 Å². The molecule has 45 heavy (non-hydrogen) atoms. The van der Waals surface area contributed by atoms with Gasteiger partial charge in [-0.2, -0.15) is 0 Å². The molecule has 0 aromatic carbocycles. The molecule has 248 valence electrons. The van der Waals surface area contributed by atoms with Crippen molar-refractivity contribution in [3.8, 4) is 0 Å². The Morgan fingerprint density at radius 1 is 0.956 bits per heavy atom. The van der Waals surface area contributed by atoms with Crippen LogP contribution in [0.2, 0.25) is 0 Å². The highest BCUT2D eigenvalue weighted by molar-refractivity contribution is 5.96. The van der Waals surface area contributed by atoms with Crippen molar-refractivity contribution >= 4 is 17.7 Å². The van der Waals surface area contributed by atoms with E-state index in [0.29, 0.717) is 19.3 Å². The molecule has 0 aliphatic heterocycles. The average Bonchev–Trinajstić information content (AvgIpc) is 3.29. The van der Waals surface area contributed by atoms with Gasteiger partial charge in [-0.25, -0.2) is 4.79 Å². The molecule has 0 spiro atoms. The van der Waals surface area contributed by atoms with Crippen LogP contribution >= 0.6 is 0 Å². The molecule has 5 aliphatic carbocycles. The molecule has 0 amide bonds. The standard InChI is InChI=1S/C36H50O9/c1-20-24(45-30(41)44-20)19-43-29(40)36(7)25-9-12-35(6)27(33(25,4)11-10-26(36)42-8)23(37)17-21-22-18-32(3,28(38)39)14-13-31(22,2)15-16-34(21,35)5/h17,22,25-27H,9-16,18-19H2,1-8H3,(H,38,39)/t22-,25?,26-,27+,31+,32-,33-,34+,35+,36-/m0/s1. The number of ketones is 1. The van der Waals surface area contributed by atoms with Gasteiger partial charge in [0.05, 0.1) is 16.9 Å². The van der Waals surface area contributed by atoms with Gasteiger partial charge in [0.2, 0.25) is 0 Å². The summed E-state index contributed by atoms with van der Waals surface area (Å²) in [4.78, 5) is 52.7. The fourth-order valence-corrected chi connectivity index (χ4v) is 11.5. The minimum Gasteiger partial charge on any atom is -0.481 e. The second-order valence-electron chi connectivity index (χ2n) is 16.6. The Hall–Kier alpha value is -2.68. The van der Waals surface area contributed by atoms with Gasteiger partial charge in [0.15, 0.2) is 23.9 Å². The number of carbonyl (C=O) groups is 3. The van der Waals surface area contributed by atoms with Crippen molar-refractivity contribution in [2.45, 2.75) is 119 Å². The largest absolute Gasteiger partial charge is 0.519 e. The summed E-state index contributed by atoms with van der Waals surface area (Å²) in [6.07, 6.45) is 8.45. The van der Waals surface area contributed by atoms with Crippen LogP contribution in [0.5, 0.6) is 0 Å². The van der Waals surface area contributed by atoms with Crippen molar-refractivity contribution < 1.29 is 37.8 Å². The van der Waals surface area contributed by atoms with Crippen LogP contribution in [0.3, 0.4) is 0 Å². The Morgan fingerprint density at radius 2 is 1.64 bits per heavy atom. The van der Waals surface area contributed by atoms with Gasteiger partial charge in [0, 0.05) is 13.0 Å². The van der Waals surface area contributed by atoms with E-state index >= 15 is 0 Å². The number of hydrogen-bond donors (Lipinski definition) is 1. The highest BCUT2D eigenvalue weighted by Crippen LogP contribution is 2.75. The quantitative estimate of drug-likeness (QED) is 0.357. The molecule has 9 nitrogen and oxygen atoms in total. The van der Waals surface area contributed by atoms with E-state index in [1.807, 2.05) is 19.9 Å². The molecule has 9 heteroatoms. The lowest BCUT2D eigenvalue weighted by atomic mass is 9.33. The van der Waals surface area contributed by atoms with Crippen LogP contribution in [0, 0.1) is 57.2 Å². The van der Waals surface area contributed by atoms with E-state index < -0.39 is 40.1 Å². The lowest BCUT2D eigenvalue weighted by Crippen LogP contribution is -2.68. The van der Waals surface area contributed by atoms with E-state index in [1.165, 1.54) is 5.57 Å². The zero-order chi connectivity index (χ0) is 33.0. The Labute approximate surface area is 265 Å². The summed E-state index contributed by atoms with van der Waals surface area (Å²) >= 11 is 0. The molecule has 1 heterocycles. The normalized spacial score (nSPS) is 45.8. The van der Waals surface area contributed by atoms with E-state index in [1.54, 1.807) is 14.0 Å². The number of hydrogen-bond acceptors (Lipinski definition) is 8. The van der Waals surface area contributed by atoms with E-state index in [9.17, 15) is 24.3 Å². The predicted octanol–water partition coefficient (Wildman–Crippen LogP) is 6.64. The first kappa shape index (κ1) is 32.3. The maximum Gasteiger partial charge on any atom is 0.519 e. The third-order valence-electron chi connectivity index (χ3n) is 14.6. The third kappa shape index (κ3) is 4.27. The summed E-state index contributed by atoms with van der Waals surface area (Å²) in [5.74, 6) is -1.85. The fourth-order valence-electron chi connectivity index (χ4n) is 11.5. The Bertz CT molecular complexity index is 1520. The smallest absolute Gasteiger partial charge is 0.481 e. The predicted molar refractivity (Wildman–Crippen MR) is 164 cm³/mol. The molecule has 1 unspecified atom stereocenters. The minimum atomic E-state index is -1.02. The average molecular weight is 627 g/mol. The molecule has 1 N–H and O–H groups in total. The second kappa shape index (κ2) is 10.2. The summed E-state index contributed by atoms with van der Waals surface area (Å²) in [6.45, 7) is 14.3. The minimum absolute atomic E-state index is 0.0176. The summed E-state index contributed by atoms with van der Waals surface area (Å²) in [6, 6.07) is 0. The van der Waals surface area contributed by atoms with Crippen molar-refractivity contribution in [2.75, 3.05) is 7.11 Å². The number of allylic oxidation sites excluding steroid dienone is 2. The molecule has 1 aromatic rings. The number of aryl methyl sites for hydroxylation is 1. The van der Waals surface area contributed by atoms with Gasteiger partial charge in [-0.15, -0.1) is 0 Å². The highest BCUT2D eigenvalue weighted by Gasteiger charge is 2.72. The van der Waals surface area contributed by atoms with Crippen LogP contribution in [0.4, 0.5) is 0 Å². The van der Waals surface area contributed by atoms with Gasteiger partial charge in [-0.3, -0.25) is 14.4 Å². The number of carbonyl (C=O) groups excluding carboxylic acids is 2. The first-order chi connectivity index (χ1) is 20.9. The molecular formula is C36H50O9. The van der Waals surface area contributed by atoms with Gasteiger partial charge in [0.25, 0.3) is 0 Å². The lowest BCUT2D eigenvalue weighted by Gasteiger charge is -2.70. The lowest BCUT2D eigenvalue weighted by molar-refractivity contribution is -0.221. The highest BCUT2D eigenvalue weighted by atomic mass is 16.6. The molecule has 6 rings (SSSR count). The van der Waals surface area contributed by atoms with Gasteiger partial charge in [-0.1, -0.05) is 33.3 Å². The number of esters is 1. The molecule has 1 aromatic heterocycles. The van der Waals surface area contributed by atoms with Crippen LogP contribution in [0.25, 0.3) is 0 Å². The number of aliphatic carboxylic acids is 1. The van der Waals surface area contributed by atoms with Crippen LogP contribution < -0.4 is 5.82 Å². The number of carboxylic acids is 1. The Balaban J connectivity index is 1.38. The monoisotopic (exact) mass is 626 g/mol. The van der Waals surface area contributed by atoms with Gasteiger partial charge in [0.1, 0.15) is 0 Å². The van der Waals surface area contributed by atoms with E-state index in [2.05, 4.69) is 27.7 Å². The van der Waals surface area contributed by atoms with Crippen molar-refractivity contribution in [3.63, 3.8) is 0 Å². The van der Waals surface area contributed by atoms with Crippen LogP contribution in [0.15, 0.2) is 25.3 Å². The molecule has 4 fully saturated rings. The molecule has 4 saturated carbocycles. The Morgan fingerprint density at radius 3 is 2.27 bits per heavy atom. The zero-order valence-corrected chi connectivity index (χ0v) is 28.2. The molecule has 0 bridgehead atoms. The van der Waals surface area contributed by atoms with Gasteiger partial charge >= 0.3 is 17.8 Å².